The number of carbonyl (C=O) groups excluding carboxylic acids is 1. The summed E-state index contributed by atoms with van der Waals surface area (Å²) in [5, 5.41) is 0.739. The number of thiophene rings is 1. The quantitative estimate of drug-likeness (QED) is 0.750. The van der Waals surface area contributed by atoms with Crippen molar-refractivity contribution in [1.82, 2.24) is 0 Å². The van der Waals surface area contributed by atoms with Gasteiger partial charge in [-0.25, -0.2) is 0 Å². The minimum atomic E-state index is 0.739. The first-order valence-corrected chi connectivity index (χ1v) is 6.59. The van der Waals surface area contributed by atoms with Crippen molar-refractivity contribution in [1.29, 1.82) is 0 Å². The molecule has 1 nitrogen and oxygen atoms in total. The summed E-state index contributed by atoms with van der Waals surface area (Å²) in [5.74, 6) is 0. The van der Waals surface area contributed by atoms with Crippen molar-refractivity contribution in [2.24, 2.45) is 0 Å². The van der Waals surface area contributed by atoms with Gasteiger partial charge in [0.2, 0.25) is 0 Å². The number of rotatable bonds is 3. The second kappa shape index (κ2) is 5.03. The first-order chi connectivity index (χ1) is 8.11. The van der Waals surface area contributed by atoms with Gasteiger partial charge in [0.1, 0.15) is 0 Å². The van der Waals surface area contributed by atoms with Crippen LogP contribution in [0.4, 0.5) is 0 Å². The fourth-order valence-electron chi connectivity index (χ4n) is 1.93. The van der Waals surface area contributed by atoms with Gasteiger partial charge in [0.05, 0.1) is 0 Å². The van der Waals surface area contributed by atoms with E-state index in [0.29, 0.717) is 0 Å². The lowest BCUT2D eigenvalue weighted by atomic mass is 10.0. The summed E-state index contributed by atoms with van der Waals surface area (Å²) in [7, 11) is 0. The van der Waals surface area contributed by atoms with Crippen molar-refractivity contribution in [3.05, 3.63) is 55.7 Å². The largest absolute Gasteiger partial charge is 0.298 e. The maximum Gasteiger partial charge on any atom is 0.151 e. The second-order valence-corrected chi connectivity index (χ2v) is 5.89. The molecule has 0 aliphatic carbocycles. The molecule has 0 amide bonds. The van der Waals surface area contributed by atoms with Crippen LogP contribution < -0.4 is 0 Å². The Labute approximate surface area is 110 Å². The van der Waals surface area contributed by atoms with Crippen LogP contribution in [-0.4, -0.2) is 6.29 Å². The van der Waals surface area contributed by atoms with E-state index in [4.69, 9.17) is 11.6 Å². The number of aryl methyl sites for hydroxylation is 2. The molecule has 0 atom stereocenters. The minimum Gasteiger partial charge on any atom is -0.298 e. The summed E-state index contributed by atoms with van der Waals surface area (Å²) < 4.78 is 0. The topological polar surface area (TPSA) is 17.1 Å². The number of benzene rings is 1. The summed E-state index contributed by atoms with van der Waals surface area (Å²) in [4.78, 5) is 13.4. The average Bonchev–Trinajstić information content (AvgIpc) is 2.57. The first-order valence-electron chi connectivity index (χ1n) is 5.40. The van der Waals surface area contributed by atoms with E-state index in [1.165, 1.54) is 10.4 Å². The molecule has 1 aromatic carbocycles. The van der Waals surface area contributed by atoms with Crippen molar-refractivity contribution in [3.63, 3.8) is 0 Å². The van der Waals surface area contributed by atoms with E-state index < -0.39 is 0 Å². The number of aldehydes is 1. The summed E-state index contributed by atoms with van der Waals surface area (Å²) in [6, 6.07) is 7.77. The maximum atomic E-state index is 11.1. The third-order valence-corrected chi connectivity index (χ3v) is 4.18. The van der Waals surface area contributed by atoms with Crippen molar-refractivity contribution in [2.45, 2.75) is 20.3 Å². The fraction of sp³-hybridized carbons (Fsp3) is 0.214. The predicted octanol–water partition coefficient (Wildman–Crippen LogP) is 4.42. The standard InChI is InChI=1S/C14H13ClOS/c1-9-13(14(8-16)10(2)17-9)7-11-3-5-12(15)6-4-11/h3-6,8H,7H2,1-2H3. The number of halogens is 1. The molecule has 2 aromatic rings. The van der Waals surface area contributed by atoms with E-state index in [1.807, 2.05) is 31.2 Å². The van der Waals surface area contributed by atoms with E-state index in [9.17, 15) is 4.79 Å². The smallest absolute Gasteiger partial charge is 0.151 e. The molecule has 0 spiro atoms. The Morgan fingerprint density at radius 2 is 1.82 bits per heavy atom. The molecule has 0 aliphatic heterocycles. The van der Waals surface area contributed by atoms with Crippen LogP contribution in [0.3, 0.4) is 0 Å². The van der Waals surface area contributed by atoms with Crippen LogP contribution >= 0.6 is 22.9 Å². The van der Waals surface area contributed by atoms with Crippen molar-refractivity contribution in [2.75, 3.05) is 0 Å². The Morgan fingerprint density at radius 1 is 1.18 bits per heavy atom. The van der Waals surface area contributed by atoms with Crippen LogP contribution in [0.2, 0.25) is 5.02 Å². The van der Waals surface area contributed by atoms with Gasteiger partial charge in [-0.1, -0.05) is 23.7 Å². The van der Waals surface area contributed by atoms with E-state index in [1.54, 1.807) is 11.3 Å². The highest BCUT2D eigenvalue weighted by molar-refractivity contribution is 7.12. The zero-order valence-electron chi connectivity index (χ0n) is 9.79. The molecule has 1 heterocycles. The van der Waals surface area contributed by atoms with Crippen LogP contribution in [0.5, 0.6) is 0 Å². The minimum absolute atomic E-state index is 0.739. The Morgan fingerprint density at radius 3 is 2.41 bits per heavy atom. The Hall–Kier alpha value is -1.12. The van der Waals surface area contributed by atoms with Gasteiger partial charge in [0.25, 0.3) is 0 Å². The van der Waals surface area contributed by atoms with Crippen LogP contribution in [0.1, 0.15) is 31.2 Å². The summed E-state index contributed by atoms with van der Waals surface area (Å²) in [6.45, 7) is 4.06. The Balaban J connectivity index is 2.35. The molecule has 2 rings (SSSR count). The number of carbonyl (C=O) groups is 1. The lowest BCUT2D eigenvalue weighted by Gasteiger charge is -2.03. The molecule has 88 valence electrons. The number of hydrogen-bond donors (Lipinski definition) is 0. The van der Waals surface area contributed by atoms with Gasteiger partial charge in [-0.05, 0) is 43.5 Å². The molecule has 0 saturated carbocycles. The molecule has 0 radical (unpaired) electrons. The highest BCUT2D eigenvalue weighted by atomic mass is 35.5. The third kappa shape index (κ3) is 2.59. The zero-order chi connectivity index (χ0) is 12.4. The molecule has 0 N–H and O–H groups in total. The van der Waals surface area contributed by atoms with Gasteiger partial charge in [-0.3, -0.25) is 4.79 Å². The Bertz CT molecular complexity index is 540. The summed E-state index contributed by atoms with van der Waals surface area (Å²) in [5.41, 5.74) is 3.17. The van der Waals surface area contributed by atoms with Gasteiger partial charge in [-0.15, -0.1) is 11.3 Å². The van der Waals surface area contributed by atoms with Crippen LogP contribution in [0.15, 0.2) is 24.3 Å². The van der Waals surface area contributed by atoms with Crippen molar-refractivity contribution >= 4 is 29.2 Å². The van der Waals surface area contributed by atoms with Crippen LogP contribution in [-0.2, 0) is 6.42 Å². The van der Waals surface area contributed by atoms with Gasteiger partial charge < -0.3 is 0 Å². The average molecular weight is 265 g/mol. The third-order valence-electron chi connectivity index (χ3n) is 2.85. The molecule has 0 unspecified atom stereocenters. The SMILES string of the molecule is Cc1sc(C)c(Cc2ccc(Cl)cc2)c1C=O. The van der Waals surface area contributed by atoms with Crippen molar-refractivity contribution in [3.8, 4) is 0 Å². The van der Waals surface area contributed by atoms with Crippen LogP contribution in [0, 0.1) is 13.8 Å². The highest BCUT2D eigenvalue weighted by Gasteiger charge is 2.12. The van der Waals surface area contributed by atoms with Gasteiger partial charge in [0.15, 0.2) is 6.29 Å². The fourth-order valence-corrected chi connectivity index (χ4v) is 3.10. The van der Waals surface area contributed by atoms with Crippen molar-refractivity contribution < 1.29 is 4.79 Å². The Kier molecular flexibility index (Phi) is 3.65. The molecule has 0 saturated heterocycles. The summed E-state index contributed by atoms with van der Waals surface area (Å²) in [6.07, 6.45) is 1.76. The molecule has 17 heavy (non-hydrogen) atoms. The normalized spacial score (nSPS) is 10.5. The molecule has 0 bridgehead atoms. The maximum absolute atomic E-state index is 11.1. The molecule has 0 fully saturated rings. The zero-order valence-corrected chi connectivity index (χ0v) is 11.4. The molecule has 1 aromatic heterocycles. The predicted molar refractivity (Wildman–Crippen MR) is 73.4 cm³/mol. The molecule has 3 heteroatoms. The second-order valence-electron chi connectivity index (χ2n) is 4.03. The first kappa shape index (κ1) is 12.3. The highest BCUT2D eigenvalue weighted by Crippen LogP contribution is 2.28. The van der Waals surface area contributed by atoms with Gasteiger partial charge in [-0.2, -0.15) is 0 Å². The lowest BCUT2D eigenvalue weighted by molar-refractivity contribution is 0.112. The van der Waals surface area contributed by atoms with E-state index in [0.717, 1.165) is 33.7 Å². The van der Waals surface area contributed by atoms with E-state index >= 15 is 0 Å². The van der Waals surface area contributed by atoms with Gasteiger partial charge >= 0.3 is 0 Å². The van der Waals surface area contributed by atoms with Crippen LogP contribution in [0.25, 0.3) is 0 Å². The molecule has 0 aliphatic rings. The lowest BCUT2D eigenvalue weighted by Crippen LogP contribution is -1.93. The number of hydrogen-bond acceptors (Lipinski definition) is 2. The molecular formula is C14H13ClOS. The summed E-state index contributed by atoms with van der Waals surface area (Å²) >= 11 is 7.54. The monoisotopic (exact) mass is 264 g/mol. The van der Waals surface area contributed by atoms with Gasteiger partial charge in [0, 0.05) is 20.3 Å². The molecular weight excluding hydrogens is 252 g/mol. The van der Waals surface area contributed by atoms with E-state index in [2.05, 4.69) is 6.92 Å². The van der Waals surface area contributed by atoms with E-state index in [-0.39, 0.29) is 0 Å².